The van der Waals surface area contributed by atoms with Crippen molar-refractivity contribution < 1.29 is 14.1 Å². The van der Waals surface area contributed by atoms with Crippen molar-refractivity contribution in [1.82, 2.24) is 10.1 Å². The Morgan fingerprint density at radius 2 is 1.94 bits per heavy atom. The Hall–Kier alpha value is -2.50. The molecule has 1 aromatic heterocycles. The number of hydrogen-bond donors (Lipinski definition) is 1. The number of hydrogen-bond acceptors (Lipinski definition) is 5. The van der Waals surface area contributed by atoms with Crippen molar-refractivity contribution in [1.29, 1.82) is 0 Å². The van der Waals surface area contributed by atoms with Gasteiger partial charge in [-0.3, -0.25) is 9.59 Å². The predicted molar refractivity (Wildman–Crippen MR) is 61.8 cm³/mol. The van der Waals surface area contributed by atoms with Gasteiger partial charge in [0.15, 0.2) is 0 Å². The summed E-state index contributed by atoms with van der Waals surface area (Å²) in [7, 11) is 0. The fraction of sp³-hybridized carbons (Fsp3) is 0.167. The number of ketones is 1. The van der Waals surface area contributed by atoms with E-state index in [1.807, 2.05) is 19.1 Å². The first-order valence-electron chi connectivity index (χ1n) is 5.28. The van der Waals surface area contributed by atoms with Crippen molar-refractivity contribution in [2.45, 2.75) is 13.3 Å². The third-order valence-electron chi connectivity index (χ3n) is 2.31. The maximum absolute atomic E-state index is 12.0. The summed E-state index contributed by atoms with van der Waals surface area (Å²) in [5.74, 6) is -0.976. The van der Waals surface area contributed by atoms with E-state index in [4.69, 9.17) is 10.3 Å². The Morgan fingerprint density at radius 3 is 2.56 bits per heavy atom. The van der Waals surface area contributed by atoms with Gasteiger partial charge in [-0.25, -0.2) is 0 Å². The minimum absolute atomic E-state index is 0.0398. The van der Waals surface area contributed by atoms with Crippen molar-refractivity contribution in [3.63, 3.8) is 0 Å². The summed E-state index contributed by atoms with van der Waals surface area (Å²) < 4.78 is 4.76. The Morgan fingerprint density at radius 1 is 1.28 bits per heavy atom. The van der Waals surface area contributed by atoms with E-state index in [0.717, 1.165) is 5.56 Å². The minimum Gasteiger partial charge on any atom is -0.369 e. The highest BCUT2D eigenvalue weighted by Crippen LogP contribution is 2.09. The van der Waals surface area contributed by atoms with Gasteiger partial charge in [-0.15, -0.1) is 0 Å². The molecule has 0 saturated heterocycles. The molecule has 0 saturated carbocycles. The van der Waals surface area contributed by atoms with E-state index in [2.05, 4.69) is 10.1 Å². The van der Waals surface area contributed by atoms with Gasteiger partial charge in [0.25, 0.3) is 0 Å². The van der Waals surface area contributed by atoms with E-state index < -0.39 is 5.91 Å². The molecule has 0 aliphatic rings. The smallest absolute Gasteiger partial charge is 0.243 e. The zero-order chi connectivity index (χ0) is 13.1. The van der Waals surface area contributed by atoms with Gasteiger partial charge >= 0.3 is 0 Å². The summed E-state index contributed by atoms with van der Waals surface area (Å²) in [6.07, 6.45) is -0.172. The highest BCUT2D eigenvalue weighted by Gasteiger charge is 2.17. The SMILES string of the molecule is Cc1ccc(C(=O)c2noc(CC(N)=O)n2)cc1. The molecule has 0 radical (unpaired) electrons. The molecule has 0 unspecified atom stereocenters. The van der Waals surface area contributed by atoms with E-state index in [1.165, 1.54) is 0 Å². The molecule has 92 valence electrons. The fourth-order valence-electron chi connectivity index (χ4n) is 1.40. The van der Waals surface area contributed by atoms with E-state index >= 15 is 0 Å². The van der Waals surface area contributed by atoms with Crippen LogP contribution >= 0.6 is 0 Å². The fourth-order valence-corrected chi connectivity index (χ4v) is 1.40. The molecule has 1 heterocycles. The lowest BCUT2D eigenvalue weighted by Gasteiger charge is -1.96. The van der Waals surface area contributed by atoms with E-state index in [-0.39, 0.29) is 23.9 Å². The van der Waals surface area contributed by atoms with Gasteiger partial charge < -0.3 is 10.3 Å². The number of carbonyl (C=O) groups is 2. The monoisotopic (exact) mass is 245 g/mol. The average Bonchev–Trinajstić information content (AvgIpc) is 2.76. The molecule has 2 N–H and O–H groups in total. The molecule has 0 aliphatic heterocycles. The summed E-state index contributed by atoms with van der Waals surface area (Å²) in [4.78, 5) is 26.4. The first kappa shape index (κ1) is 12.0. The van der Waals surface area contributed by atoms with Crippen LogP contribution in [0.3, 0.4) is 0 Å². The maximum Gasteiger partial charge on any atom is 0.243 e. The molecule has 1 aromatic carbocycles. The van der Waals surface area contributed by atoms with Crippen molar-refractivity contribution in [3.05, 3.63) is 47.1 Å². The van der Waals surface area contributed by atoms with Crippen molar-refractivity contribution in [2.24, 2.45) is 5.73 Å². The topological polar surface area (TPSA) is 99.1 Å². The second-order valence-electron chi connectivity index (χ2n) is 3.85. The Bertz CT molecular complexity index is 587. The Labute approximate surface area is 103 Å². The molecule has 0 spiro atoms. The number of aryl methyl sites for hydroxylation is 1. The largest absolute Gasteiger partial charge is 0.369 e. The minimum atomic E-state index is -0.590. The average molecular weight is 245 g/mol. The van der Waals surface area contributed by atoms with Gasteiger partial charge in [-0.2, -0.15) is 4.98 Å². The summed E-state index contributed by atoms with van der Waals surface area (Å²) in [5.41, 5.74) is 6.50. The van der Waals surface area contributed by atoms with Crippen molar-refractivity contribution in [3.8, 4) is 0 Å². The third-order valence-corrected chi connectivity index (χ3v) is 2.31. The number of primary amides is 1. The molecular weight excluding hydrogens is 234 g/mol. The molecule has 1 amide bonds. The zero-order valence-electron chi connectivity index (χ0n) is 9.71. The lowest BCUT2D eigenvalue weighted by Crippen LogP contribution is -2.14. The lowest BCUT2D eigenvalue weighted by molar-refractivity contribution is -0.117. The van der Waals surface area contributed by atoms with Crippen LogP contribution in [0.1, 0.15) is 27.6 Å². The second kappa shape index (κ2) is 4.79. The van der Waals surface area contributed by atoms with E-state index in [9.17, 15) is 9.59 Å². The molecule has 6 nitrogen and oxygen atoms in total. The standard InChI is InChI=1S/C12H11N3O3/c1-7-2-4-8(5-3-7)11(17)12-14-10(18-15-12)6-9(13)16/h2-5H,6H2,1H3,(H2,13,16). The molecule has 2 aromatic rings. The highest BCUT2D eigenvalue weighted by molar-refractivity contribution is 6.06. The van der Waals surface area contributed by atoms with E-state index in [1.54, 1.807) is 12.1 Å². The second-order valence-corrected chi connectivity index (χ2v) is 3.85. The van der Waals surface area contributed by atoms with Gasteiger partial charge in [0, 0.05) is 5.56 Å². The summed E-state index contributed by atoms with van der Waals surface area (Å²) in [6.45, 7) is 1.92. The molecule has 2 rings (SSSR count). The van der Waals surface area contributed by atoms with Crippen LogP contribution in [0, 0.1) is 6.92 Å². The van der Waals surface area contributed by atoms with Crippen LogP contribution in [0.25, 0.3) is 0 Å². The molecule has 0 atom stereocenters. The summed E-state index contributed by atoms with van der Waals surface area (Å²) in [5, 5.41) is 3.52. The molecule has 0 fully saturated rings. The highest BCUT2D eigenvalue weighted by atomic mass is 16.5. The van der Waals surface area contributed by atoms with Gasteiger partial charge in [-0.05, 0) is 6.92 Å². The normalized spacial score (nSPS) is 10.3. The Balaban J connectivity index is 2.21. The number of benzene rings is 1. The first-order valence-corrected chi connectivity index (χ1v) is 5.28. The molecule has 0 bridgehead atoms. The molecule has 0 aliphatic carbocycles. The first-order chi connectivity index (χ1) is 8.56. The maximum atomic E-state index is 12.0. The van der Waals surface area contributed by atoms with Crippen LogP contribution in [0.5, 0.6) is 0 Å². The molecule has 6 heteroatoms. The van der Waals surface area contributed by atoms with Crippen LogP contribution in [-0.2, 0) is 11.2 Å². The van der Waals surface area contributed by atoms with Gasteiger partial charge in [-0.1, -0.05) is 35.0 Å². The third kappa shape index (κ3) is 2.60. The van der Waals surface area contributed by atoms with Crippen LogP contribution < -0.4 is 5.73 Å². The number of rotatable bonds is 4. The Kier molecular flexibility index (Phi) is 3.18. The summed E-state index contributed by atoms with van der Waals surface area (Å²) >= 11 is 0. The number of carbonyl (C=O) groups excluding carboxylic acids is 2. The molecule has 18 heavy (non-hydrogen) atoms. The number of nitrogens with zero attached hydrogens (tertiary/aromatic N) is 2. The van der Waals surface area contributed by atoms with Crippen molar-refractivity contribution in [2.75, 3.05) is 0 Å². The van der Waals surface area contributed by atoms with Crippen LogP contribution in [0.2, 0.25) is 0 Å². The van der Waals surface area contributed by atoms with Gasteiger partial charge in [0.1, 0.15) is 6.42 Å². The quantitative estimate of drug-likeness (QED) is 0.797. The van der Waals surface area contributed by atoms with Crippen LogP contribution in [-0.4, -0.2) is 21.8 Å². The lowest BCUT2D eigenvalue weighted by atomic mass is 10.1. The van der Waals surface area contributed by atoms with Crippen LogP contribution in [0.4, 0.5) is 0 Å². The summed E-state index contributed by atoms with van der Waals surface area (Å²) in [6, 6.07) is 7.00. The number of aromatic nitrogens is 2. The molecular formula is C12H11N3O3. The van der Waals surface area contributed by atoms with Crippen molar-refractivity contribution >= 4 is 11.7 Å². The van der Waals surface area contributed by atoms with Gasteiger partial charge in [0.05, 0.1) is 0 Å². The number of nitrogens with two attached hydrogens (primary N) is 1. The van der Waals surface area contributed by atoms with Crippen LogP contribution in [0.15, 0.2) is 28.8 Å². The zero-order valence-corrected chi connectivity index (χ0v) is 9.71. The van der Waals surface area contributed by atoms with E-state index in [0.29, 0.717) is 5.56 Å². The van der Waals surface area contributed by atoms with Gasteiger partial charge in [0.2, 0.25) is 23.4 Å². The predicted octanol–water partition coefficient (Wildman–Crippen LogP) is 0.637. The number of amides is 1.